The van der Waals surface area contributed by atoms with Gasteiger partial charge in [-0.2, -0.15) is 0 Å². The first-order valence-electron chi connectivity index (χ1n) is 8.54. The van der Waals surface area contributed by atoms with Crippen LogP contribution in [0.25, 0.3) is 0 Å². The maximum Gasteiger partial charge on any atom is 0.311 e. The third kappa shape index (κ3) is 6.80. The van der Waals surface area contributed by atoms with Gasteiger partial charge >= 0.3 is 5.97 Å². The molecule has 5 nitrogen and oxygen atoms in total. The molecule has 5 heteroatoms. The summed E-state index contributed by atoms with van der Waals surface area (Å²) in [6.07, 6.45) is 9.53. The molecule has 1 atom stereocenters. The van der Waals surface area contributed by atoms with Crippen LogP contribution in [0.1, 0.15) is 76.2 Å². The lowest BCUT2D eigenvalue weighted by atomic mass is 9.91. The average Bonchev–Trinajstić information content (AvgIpc) is 2.53. The first kappa shape index (κ1) is 19.1. The molecule has 0 saturated heterocycles. The van der Waals surface area contributed by atoms with Crippen molar-refractivity contribution in [2.75, 3.05) is 0 Å². The van der Waals surface area contributed by atoms with E-state index in [0.717, 1.165) is 19.3 Å². The minimum atomic E-state index is -0.984. The molecule has 1 unspecified atom stereocenters. The van der Waals surface area contributed by atoms with Gasteiger partial charge in [-0.3, -0.25) is 14.9 Å². The highest BCUT2D eigenvalue weighted by molar-refractivity contribution is 5.77. The molecular weight excluding hydrogens is 294 g/mol. The Bertz CT molecular complexity index is 502. The Morgan fingerprint density at radius 2 is 1.65 bits per heavy atom. The van der Waals surface area contributed by atoms with Crippen LogP contribution in [0.4, 0.5) is 5.69 Å². The zero-order valence-electron chi connectivity index (χ0n) is 13.9. The Morgan fingerprint density at radius 3 is 2.22 bits per heavy atom. The SMILES string of the molecule is CCCCCCCCCCC(C(=O)O)c1ccccc1[N+](=O)[O-]. The van der Waals surface area contributed by atoms with Crippen LogP contribution in [-0.4, -0.2) is 16.0 Å². The average molecular weight is 321 g/mol. The van der Waals surface area contributed by atoms with Crippen molar-refractivity contribution in [2.45, 2.75) is 70.6 Å². The van der Waals surface area contributed by atoms with Crippen molar-refractivity contribution in [1.82, 2.24) is 0 Å². The number of nitro benzene ring substituents is 1. The van der Waals surface area contributed by atoms with E-state index in [0.29, 0.717) is 12.0 Å². The highest BCUT2D eigenvalue weighted by atomic mass is 16.6. The quantitative estimate of drug-likeness (QED) is 0.322. The largest absolute Gasteiger partial charge is 0.481 e. The van der Waals surface area contributed by atoms with Crippen molar-refractivity contribution in [1.29, 1.82) is 0 Å². The van der Waals surface area contributed by atoms with Gasteiger partial charge in [0.05, 0.1) is 10.8 Å². The van der Waals surface area contributed by atoms with Crippen molar-refractivity contribution in [3.63, 3.8) is 0 Å². The molecule has 1 aromatic rings. The third-order valence-corrected chi connectivity index (χ3v) is 4.15. The minimum absolute atomic E-state index is 0.0977. The number of unbranched alkanes of at least 4 members (excludes halogenated alkanes) is 7. The molecule has 0 heterocycles. The Labute approximate surface area is 137 Å². The number of carboxylic acids is 1. The van der Waals surface area contributed by atoms with Gasteiger partial charge in [0.15, 0.2) is 0 Å². The topological polar surface area (TPSA) is 80.4 Å². The number of rotatable bonds is 12. The van der Waals surface area contributed by atoms with E-state index in [4.69, 9.17) is 0 Å². The summed E-state index contributed by atoms with van der Waals surface area (Å²) in [5.41, 5.74) is 0.215. The van der Waals surface area contributed by atoms with Crippen molar-refractivity contribution in [3.05, 3.63) is 39.9 Å². The summed E-state index contributed by atoms with van der Waals surface area (Å²) in [5, 5.41) is 20.5. The monoisotopic (exact) mass is 321 g/mol. The fourth-order valence-corrected chi connectivity index (χ4v) is 2.84. The molecule has 1 aromatic carbocycles. The van der Waals surface area contributed by atoms with Gasteiger partial charge in [-0.25, -0.2) is 0 Å². The smallest absolute Gasteiger partial charge is 0.311 e. The molecule has 0 radical (unpaired) electrons. The molecular formula is C18H27NO4. The number of nitro groups is 1. The first-order chi connectivity index (χ1) is 11.1. The number of carboxylic acid groups (broad SMARTS) is 1. The van der Waals surface area contributed by atoms with E-state index < -0.39 is 16.8 Å². The van der Waals surface area contributed by atoms with E-state index in [9.17, 15) is 20.0 Å². The summed E-state index contributed by atoms with van der Waals surface area (Å²) in [6, 6.07) is 6.16. The Balaban J connectivity index is 2.48. The zero-order valence-corrected chi connectivity index (χ0v) is 13.9. The van der Waals surface area contributed by atoms with Gasteiger partial charge in [-0.1, -0.05) is 76.5 Å². The predicted molar refractivity (Wildman–Crippen MR) is 90.7 cm³/mol. The zero-order chi connectivity index (χ0) is 17.1. The Hall–Kier alpha value is -1.91. The number of hydrogen-bond donors (Lipinski definition) is 1. The van der Waals surface area contributed by atoms with Crippen LogP contribution >= 0.6 is 0 Å². The van der Waals surface area contributed by atoms with Gasteiger partial charge in [-0.05, 0) is 6.42 Å². The van der Waals surface area contributed by atoms with Crippen LogP contribution in [0.3, 0.4) is 0 Å². The summed E-state index contributed by atoms with van der Waals surface area (Å²) in [6.45, 7) is 2.19. The highest BCUT2D eigenvalue weighted by Gasteiger charge is 2.26. The van der Waals surface area contributed by atoms with E-state index in [2.05, 4.69) is 6.92 Å². The lowest BCUT2D eigenvalue weighted by Crippen LogP contribution is -2.13. The molecule has 128 valence electrons. The maximum absolute atomic E-state index is 11.5. The molecule has 0 aromatic heterocycles. The molecule has 1 rings (SSSR count). The standard InChI is InChI=1S/C18H27NO4/c1-2-3-4-5-6-7-8-9-13-16(18(20)21)15-12-10-11-14-17(15)19(22)23/h10-12,14,16H,2-9,13H2,1H3,(H,20,21). The van der Waals surface area contributed by atoms with Crippen LogP contribution in [0.2, 0.25) is 0 Å². The van der Waals surface area contributed by atoms with Crippen LogP contribution in [0, 0.1) is 10.1 Å². The summed E-state index contributed by atoms with van der Waals surface area (Å²) in [7, 11) is 0. The molecule has 0 aliphatic heterocycles. The highest BCUT2D eigenvalue weighted by Crippen LogP contribution is 2.30. The van der Waals surface area contributed by atoms with Crippen LogP contribution in [-0.2, 0) is 4.79 Å². The fourth-order valence-electron chi connectivity index (χ4n) is 2.84. The van der Waals surface area contributed by atoms with Gasteiger partial charge in [0.2, 0.25) is 0 Å². The maximum atomic E-state index is 11.5. The Kier molecular flexibility index (Phi) is 8.95. The van der Waals surface area contributed by atoms with Gasteiger partial charge < -0.3 is 5.11 Å². The van der Waals surface area contributed by atoms with Crippen LogP contribution < -0.4 is 0 Å². The van der Waals surface area contributed by atoms with E-state index >= 15 is 0 Å². The van der Waals surface area contributed by atoms with Gasteiger partial charge in [-0.15, -0.1) is 0 Å². The van der Waals surface area contributed by atoms with Gasteiger partial charge in [0.25, 0.3) is 5.69 Å². The van der Waals surface area contributed by atoms with Crippen molar-refractivity contribution in [3.8, 4) is 0 Å². The lowest BCUT2D eigenvalue weighted by molar-refractivity contribution is -0.385. The van der Waals surface area contributed by atoms with Gasteiger partial charge in [0.1, 0.15) is 0 Å². The molecule has 0 spiro atoms. The number of nitrogens with zero attached hydrogens (tertiary/aromatic N) is 1. The molecule has 0 amide bonds. The second-order valence-corrected chi connectivity index (χ2v) is 5.97. The van der Waals surface area contributed by atoms with E-state index in [1.807, 2.05) is 0 Å². The molecule has 0 saturated carbocycles. The summed E-state index contributed by atoms with van der Waals surface area (Å²) in [5.74, 6) is -1.78. The van der Waals surface area contributed by atoms with E-state index in [1.54, 1.807) is 18.2 Å². The normalized spacial score (nSPS) is 12.0. The van der Waals surface area contributed by atoms with Crippen LogP contribution in [0.5, 0.6) is 0 Å². The Morgan fingerprint density at radius 1 is 1.09 bits per heavy atom. The third-order valence-electron chi connectivity index (χ3n) is 4.15. The van der Waals surface area contributed by atoms with Crippen molar-refractivity contribution < 1.29 is 14.8 Å². The van der Waals surface area contributed by atoms with Crippen molar-refractivity contribution >= 4 is 11.7 Å². The van der Waals surface area contributed by atoms with Crippen molar-refractivity contribution in [2.24, 2.45) is 0 Å². The van der Waals surface area contributed by atoms with Crippen LogP contribution in [0.15, 0.2) is 24.3 Å². The summed E-state index contributed by atoms with van der Waals surface area (Å²) in [4.78, 5) is 22.1. The summed E-state index contributed by atoms with van der Waals surface area (Å²) < 4.78 is 0. The number of aliphatic carboxylic acids is 1. The van der Waals surface area contributed by atoms with E-state index in [1.165, 1.54) is 38.2 Å². The minimum Gasteiger partial charge on any atom is -0.481 e. The summed E-state index contributed by atoms with van der Waals surface area (Å²) >= 11 is 0. The second kappa shape index (κ2) is 10.8. The lowest BCUT2D eigenvalue weighted by Gasteiger charge is -2.12. The fraction of sp³-hybridized carbons (Fsp3) is 0.611. The molecule has 23 heavy (non-hydrogen) atoms. The molecule has 0 aliphatic carbocycles. The van der Waals surface area contributed by atoms with E-state index in [-0.39, 0.29) is 5.69 Å². The number of benzene rings is 1. The number of carbonyl (C=O) groups is 1. The van der Waals surface area contributed by atoms with Gasteiger partial charge in [0, 0.05) is 11.6 Å². The molecule has 0 bridgehead atoms. The molecule has 0 fully saturated rings. The first-order valence-corrected chi connectivity index (χ1v) is 8.54. The predicted octanol–water partition coefficient (Wildman–Crippen LogP) is 5.29. The number of para-hydroxylation sites is 1. The second-order valence-electron chi connectivity index (χ2n) is 5.97. The number of hydrogen-bond acceptors (Lipinski definition) is 3. The molecule has 0 aliphatic rings. The molecule has 1 N–H and O–H groups in total.